The summed E-state index contributed by atoms with van der Waals surface area (Å²) < 4.78 is 41.3. The molecule has 0 aliphatic carbocycles. The molecule has 1 aromatic heterocycles. The van der Waals surface area contributed by atoms with Crippen molar-refractivity contribution in [1.82, 2.24) is 10.1 Å². The van der Waals surface area contributed by atoms with Crippen molar-refractivity contribution in [2.45, 2.75) is 13.1 Å². The van der Waals surface area contributed by atoms with Gasteiger partial charge in [0.1, 0.15) is 7.11 Å². The van der Waals surface area contributed by atoms with E-state index >= 15 is 0 Å². The molecule has 0 aliphatic heterocycles. The molecule has 1 heterocycles. The molecule has 0 radical (unpaired) electrons. The van der Waals surface area contributed by atoms with Crippen LogP contribution < -0.4 is 0 Å². The average molecular weight is 285 g/mol. The number of benzene rings is 1. The maximum absolute atomic E-state index is 12.4. The normalized spacial score (nSPS) is 12.1. The molecule has 5 nitrogen and oxygen atoms in total. The highest BCUT2D eigenvalue weighted by atomic mass is 19.4. The summed E-state index contributed by atoms with van der Waals surface area (Å²) in [4.78, 5) is 7.88. The minimum Gasteiger partial charge on any atom is -0.399 e. The summed E-state index contributed by atoms with van der Waals surface area (Å²) in [6.45, 7) is 1.78. The molecule has 20 heavy (non-hydrogen) atoms. The highest BCUT2D eigenvalue weighted by molar-refractivity contribution is 5.82. The second-order valence-electron chi connectivity index (χ2n) is 3.91. The zero-order valence-electron chi connectivity index (χ0n) is 10.6. The summed E-state index contributed by atoms with van der Waals surface area (Å²) in [5.74, 6) is -1.48. The van der Waals surface area contributed by atoms with Gasteiger partial charge in [-0.25, -0.2) is 0 Å². The van der Waals surface area contributed by atoms with E-state index in [1.165, 1.54) is 13.3 Å². The van der Waals surface area contributed by atoms with Crippen LogP contribution in [0.5, 0.6) is 0 Å². The van der Waals surface area contributed by atoms with Gasteiger partial charge in [-0.2, -0.15) is 18.2 Å². The molecular weight excluding hydrogens is 275 g/mol. The van der Waals surface area contributed by atoms with Gasteiger partial charge in [0.05, 0.1) is 6.21 Å². The van der Waals surface area contributed by atoms with E-state index in [2.05, 4.69) is 24.7 Å². The molecular formula is C12H10F3N3O2. The molecule has 0 unspecified atom stereocenters. The fourth-order valence-corrected chi connectivity index (χ4v) is 1.52. The molecule has 0 aliphatic rings. The number of alkyl halides is 3. The first kappa shape index (κ1) is 14.0. The van der Waals surface area contributed by atoms with Gasteiger partial charge in [-0.1, -0.05) is 22.4 Å². The van der Waals surface area contributed by atoms with E-state index < -0.39 is 12.1 Å². The van der Waals surface area contributed by atoms with Crippen molar-refractivity contribution in [2.24, 2.45) is 5.16 Å². The molecule has 106 valence electrons. The standard InChI is InChI=1S/C12H10F3N3O2/c1-7-5-8(3-4-9(7)6-16-19-2)10-17-11(20-18-10)12(13,14)15/h3-6H,1-2H3/b16-6-. The van der Waals surface area contributed by atoms with Crippen LogP contribution in [0.3, 0.4) is 0 Å². The lowest BCUT2D eigenvalue weighted by Gasteiger charge is -2.01. The summed E-state index contributed by atoms with van der Waals surface area (Å²) in [5, 5.41) is 6.94. The molecule has 0 saturated carbocycles. The Morgan fingerprint density at radius 1 is 1.35 bits per heavy atom. The quantitative estimate of drug-likeness (QED) is 0.642. The summed E-state index contributed by atoms with van der Waals surface area (Å²) in [6, 6.07) is 4.90. The van der Waals surface area contributed by atoms with E-state index in [4.69, 9.17) is 0 Å². The van der Waals surface area contributed by atoms with Crippen LogP contribution in [0.2, 0.25) is 0 Å². The largest absolute Gasteiger partial charge is 0.471 e. The second kappa shape index (κ2) is 5.32. The number of aromatic nitrogens is 2. The number of aryl methyl sites for hydroxylation is 1. The van der Waals surface area contributed by atoms with E-state index in [1.54, 1.807) is 25.1 Å². The van der Waals surface area contributed by atoms with Crippen molar-refractivity contribution in [3.8, 4) is 11.4 Å². The van der Waals surface area contributed by atoms with E-state index in [0.29, 0.717) is 5.56 Å². The minimum absolute atomic E-state index is 0.115. The summed E-state index contributed by atoms with van der Waals surface area (Å²) in [7, 11) is 1.41. The monoisotopic (exact) mass is 285 g/mol. The van der Waals surface area contributed by atoms with E-state index in [9.17, 15) is 13.2 Å². The Kier molecular flexibility index (Phi) is 3.73. The Morgan fingerprint density at radius 2 is 2.10 bits per heavy atom. The number of nitrogens with zero attached hydrogens (tertiary/aromatic N) is 3. The Morgan fingerprint density at radius 3 is 2.65 bits per heavy atom. The first-order chi connectivity index (χ1) is 9.41. The van der Waals surface area contributed by atoms with Gasteiger partial charge in [0, 0.05) is 5.56 Å². The van der Waals surface area contributed by atoms with Gasteiger partial charge in [0.15, 0.2) is 0 Å². The first-order valence-corrected chi connectivity index (χ1v) is 5.50. The fourth-order valence-electron chi connectivity index (χ4n) is 1.52. The Hall–Kier alpha value is -2.38. The average Bonchev–Trinajstić information content (AvgIpc) is 2.86. The smallest absolute Gasteiger partial charge is 0.399 e. The lowest BCUT2D eigenvalue weighted by Crippen LogP contribution is -2.04. The van der Waals surface area contributed by atoms with Gasteiger partial charge in [-0.15, -0.1) is 0 Å². The molecule has 0 atom stereocenters. The molecule has 0 bridgehead atoms. The second-order valence-corrected chi connectivity index (χ2v) is 3.91. The third kappa shape index (κ3) is 2.95. The number of hydrogen-bond donors (Lipinski definition) is 0. The van der Waals surface area contributed by atoms with Crippen LogP contribution >= 0.6 is 0 Å². The van der Waals surface area contributed by atoms with Crippen LogP contribution in [0.25, 0.3) is 11.4 Å². The lowest BCUT2D eigenvalue weighted by atomic mass is 10.1. The highest BCUT2D eigenvalue weighted by Gasteiger charge is 2.38. The van der Waals surface area contributed by atoms with Crippen LogP contribution in [0.4, 0.5) is 13.2 Å². The van der Waals surface area contributed by atoms with Crippen molar-refractivity contribution in [3.63, 3.8) is 0 Å². The third-order valence-corrected chi connectivity index (χ3v) is 2.49. The van der Waals surface area contributed by atoms with E-state index in [-0.39, 0.29) is 5.82 Å². The predicted molar refractivity (Wildman–Crippen MR) is 64.1 cm³/mol. The van der Waals surface area contributed by atoms with Crippen LogP contribution in [-0.2, 0) is 11.0 Å². The van der Waals surface area contributed by atoms with E-state index in [1.807, 2.05) is 0 Å². The summed E-state index contributed by atoms with van der Waals surface area (Å²) in [5.41, 5.74) is 1.99. The molecule has 0 amide bonds. The number of oxime groups is 1. The van der Waals surface area contributed by atoms with E-state index in [0.717, 1.165) is 11.1 Å². The summed E-state index contributed by atoms with van der Waals surface area (Å²) in [6.07, 6.45) is -3.15. The molecule has 2 aromatic rings. The topological polar surface area (TPSA) is 60.5 Å². The van der Waals surface area contributed by atoms with Crippen LogP contribution in [0.1, 0.15) is 17.0 Å². The van der Waals surface area contributed by atoms with Crippen molar-refractivity contribution in [1.29, 1.82) is 0 Å². The number of rotatable bonds is 3. The zero-order chi connectivity index (χ0) is 14.8. The van der Waals surface area contributed by atoms with Crippen molar-refractivity contribution < 1.29 is 22.5 Å². The van der Waals surface area contributed by atoms with Crippen molar-refractivity contribution >= 4 is 6.21 Å². The lowest BCUT2D eigenvalue weighted by molar-refractivity contribution is -0.159. The third-order valence-electron chi connectivity index (χ3n) is 2.49. The molecule has 0 fully saturated rings. The molecule has 0 spiro atoms. The molecule has 0 N–H and O–H groups in total. The minimum atomic E-state index is -4.65. The highest BCUT2D eigenvalue weighted by Crippen LogP contribution is 2.29. The van der Waals surface area contributed by atoms with Gasteiger partial charge in [-0.3, -0.25) is 0 Å². The van der Waals surface area contributed by atoms with Crippen LogP contribution in [0.15, 0.2) is 27.9 Å². The van der Waals surface area contributed by atoms with Gasteiger partial charge in [0.2, 0.25) is 5.82 Å². The Bertz CT molecular complexity index is 635. The predicted octanol–water partition coefficient (Wildman–Crippen LogP) is 3.04. The number of hydrogen-bond acceptors (Lipinski definition) is 5. The molecule has 1 aromatic carbocycles. The van der Waals surface area contributed by atoms with Gasteiger partial charge < -0.3 is 9.36 Å². The van der Waals surface area contributed by atoms with Crippen molar-refractivity contribution in [3.05, 3.63) is 35.2 Å². The Balaban J connectivity index is 2.32. The van der Waals surface area contributed by atoms with Crippen LogP contribution in [0, 0.1) is 6.92 Å². The maximum atomic E-state index is 12.4. The molecule has 0 saturated heterocycles. The maximum Gasteiger partial charge on any atom is 0.471 e. The van der Waals surface area contributed by atoms with Gasteiger partial charge in [-0.05, 0) is 24.1 Å². The first-order valence-electron chi connectivity index (χ1n) is 5.50. The number of halogens is 3. The summed E-state index contributed by atoms with van der Waals surface area (Å²) >= 11 is 0. The van der Waals surface area contributed by atoms with Crippen LogP contribution in [-0.4, -0.2) is 23.5 Å². The van der Waals surface area contributed by atoms with Crippen molar-refractivity contribution in [2.75, 3.05) is 7.11 Å². The molecule has 2 rings (SSSR count). The van der Waals surface area contributed by atoms with Gasteiger partial charge in [0.25, 0.3) is 0 Å². The zero-order valence-corrected chi connectivity index (χ0v) is 10.6. The Labute approximate surface area is 112 Å². The SMILES string of the molecule is CO/N=C\c1ccc(-c2noc(C(F)(F)F)n2)cc1C. The molecule has 8 heteroatoms. The van der Waals surface area contributed by atoms with Gasteiger partial charge >= 0.3 is 12.1 Å². The fraction of sp³-hybridized carbons (Fsp3) is 0.250.